The topological polar surface area (TPSA) is 139 Å². The lowest BCUT2D eigenvalue weighted by atomic mass is 10.0. The molecule has 0 amide bonds. The summed E-state index contributed by atoms with van der Waals surface area (Å²) in [6.45, 7) is 0.467. The van der Waals surface area contributed by atoms with E-state index >= 15 is 0 Å². The highest BCUT2D eigenvalue weighted by Gasteiger charge is 2.30. The lowest BCUT2D eigenvalue weighted by Gasteiger charge is -2.17. The van der Waals surface area contributed by atoms with Crippen molar-refractivity contribution in [2.75, 3.05) is 11.9 Å². The molecular formula is C16H15Cl2N3O6. The fourth-order valence-corrected chi connectivity index (χ4v) is 3.30. The number of nitro groups is 2. The van der Waals surface area contributed by atoms with Gasteiger partial charge in [-0.15, -0.1) is 0 Å². The van der Waals surface area contributed by atoms with Gasteiger partial charge in [0.2, 0.25) is 0 Å². The summed E-state index contributed by atoms with van der Waals surface area (Å²) in [6, 6.07) is 5.66. The molecule has 144 valence electrons. The summed E-state index contributed by atoms with van der Waals surface area (Å²) in [6.07, 6.45) is -1.27. The van der Waals surface area contributed by atoms with Gasteiger partial charge in [0, 0.05) is 33.8 Å². The molecule has 3 N–H and O–H groups in total. The number of benzene rings is 2. The number of nitro benzene ring substituents is 2. The third-order valence-electron chi connectivity index (χ3n) is 4.00. The van der Waals surface area contributed by atoms with Crippen LogP contribution in [-0.4, -0.2) is 26.6 Å². The highest BCUT2D eigenvalue weighted by Crippen LogP contribution is 2.40. The Morgan fingerprint density at radius 1 is 1.19 bits per heavy atom. The summed E-state index contributed by atoms with van der Waals surface area (Å²) in [7, 11) is 0. The first-order valence-corrected chi connectivity index (χ1v) is 8.36. The number of rotatable bonds is 7. The third kappa shape index (κ3) is 4.28. The van der Waals surface area contributed by atoms with E-state index in [-0.39, 0.29) is 39.0 Å². The predicted octanol–water partition coefficient (Wildman–Crippen LogP) is 3.76. The highest BCUT2D eigenvalue weighted by molar-refractivity contribution is 6.36. The Morgan fingerprint density at radius 3 is 2.26 bits per heavy atom. The second-order valence-electron chi connectivity index (χ2n) is 5.61. The molecule has 1 atom stereocenters. The van der Waals surface area contributed by atoms with E-state index in [2.05, 4.69) is 5.32 Å². The highest BCUT2D eigenvalue weighted by atomic mass is 35.5. The average molecular weight is 416 g/mol. The van der Waals surface area contributed by atoms with E-state index in [1.54, 1.807) is 6.07 Å². The van der Waals surface area contributed by atoms with Crippen LogP contribution >= 0.6 is 23.2 Å². The zero-order valence-electron chi connectivity index (χ0n) is 14.0. The maximum Gasteiger partial charge on any atom is 0.302 e. The van der Waals surface area contributed by atoms with Crippen molar-refractivity contribution in [2.24, 2.45) is 0 Å². The van der Waals surface area contributed by atoms with Crippen LogP contribution < -0.4 is 5.32 Å². The van der Waals surface area contributed by atoms with Crippen molar-refractivity contribution >= 4 is 40.3 Å². The molecule has 0 aromatic heterocycles. The van der Waals surface area contributed by atoms with Gasteiger partial charge in [-0.1, -0.05) is 29.3 Å². The van der Waals surface area contributed by atoms with Gasteiger partial charge < -0.3 is 15.5 Å². The lowest BCUT2D eigenvalue weighted by molar-refractivity contribution is -0.392. The number of anilines is 1. The predicted molar refractivity (Wildman–Crippen MR) is 100 cm³/mol. The lowest BCUT2D eigenvalue weighted by Crippen LogP contribution is -2.16. The van der Waals surface area contributed by atoms with Gasteiger partial charge >= 0.3 is 5.69 Å². The number of aliphatic hydroxyl groups is 2. The second kappa shape index (κ2) is 8.49. The normalized spacial score (nSPS) is 11.9. The van der Waals surface area contributed by atoms with E-state index in [4.69, 9.17) is 23.2 Å². The standard InChI is InChI=1S/C16H15Cl2N3O6/c1-8-9(7-22)5-12(20(24)25)15(16(8)21(26)27)19-6-13(23)14-10(17)3-2-4-11(14)18/h2-5,13,19,22-23H,6-7H2,1H3. The molecule has 2 aromatic rings. The van der Waals surface area contributed by atoms with Crippen LogP contribution in [0.2, 0.25) is 10.0 Å². The van der Waals surface area contributed by atoms with Crippen molar-refractivity contribution in [3.63, 3.8) is 0 Å². The molecule has 11 heteroatoms. The van der Waals surface area contributed by atoms with Crippen LogP contribution in [0.3, 0.4) is 0 Å². The van der Waals surface area contributed by atoms with Crippen molar-refractivity contribution in [3.05, 3.63) is 71.2 Å². The molecule has 27 heavy (non-hydrogen) atoms. The zero-order chi connectivity index (χ0) is 20.3. The monoisotopic (exact) mass is 415 g/mol. The van der Waals surface area contributed by atoms with Crippen molar-refractivity contribution in [3.8, 4) is 0 Å². The molecule has 0 saturated heterocycles. The van der Waals surface area contributed by atoms with Gasteiger partial charge in [-0.05, 0) is 24.6 Å². The first-order chi connectivity index (χ1) is 12.7. The molecule has 0 fully saturated rings. The molecule has 0 aliphatic rings. The minimum atomic E-state index is -1.27. The van der Waals surface area contributed by atoms with Gasteiger partial charge in [0.05, 0.1) is 22.6 Å². The van der Waals surface area contributed by atoms with Gasteiger partial charge in [0.1, 0.15) is 0 Å². The van der Waals surface area contributed by atoms with Crippen molar-refractivity contribution in [1.29, 1.82) is 0 Å². The summed E-state index contributed by atoms with van der Waals surface area (Å²) in [4.78, 5) is 21.2. The maximum absolute atomic E-state index is 11.5. The Kier molecular flexibility index (Phi) is 6.55. The number of nitrogens with zero attached hydrogens (tertiary/aromatic N) is 2. The molecule has 0 aliphatic carbocycles. The quantitative estimate of drug-likeness (QED) is 0.461. The number of aliphatic hydroxyl groups excluding tert-OH is 2. The van der Waals surface area contributed by atoms with E-state index in [0.29, 0.717) is 0 Å². The third-order valence-corrected chi connectivity index (χ3v) is 4.65. The van der Waals surface area contributed by atoms with Gasteiger partial charge in [-0.25, -0.2) is 0 Å². The Hall–Kier alpha value is -2.46. The minimum absolute atomic E-state index is 0.0636. The molecule has 9 nitrogen and oxygen atoms in total. The van der Waals surface area contributed by atoms with Crippen molar-refractivity contribution in [2.45, 2.75) is 19.6 Å². The Bertz CT molecular complexity index is 886. The molecule has 2 aromatic carbocycles. The van der Waals surface area contributed by atoms with Crippen LogP contribution in [0, 0.1) is 27.2 Å². The van der Waals surface area contributed by atoms with E-state index in [9.17, 15) is 30.4 Å². The largest absolute Gasteiger partial charge is 0.392 e. The Labute approximate surface area is 163 Å². The number of hydrogen-bond acceptors (Lipinski definition) is 7. The van der Waals surface area contributed by atoms with Crippen molar-refractivity contribution in [1.82, 2.24) is 0 Å². The first kappa shape index (κ1) is 20.8. The van der Waals surface area contributed by atoms with Gasteiger partial charge in [0.25, 0.3) is 5.69 Å². The molecular weight excluding hydrogens is 401 g/mol. The minimum Gasteiger partial charge on any atom is -0.392 e. The zero-order valence-corrected chi connectivity index (χ0v) is 15.5. The molecule has 2 rings (SSSR count). The van der Waals surface area contributed by atoms with E-state index in [1.165, 1.54) is 19.1 Å². The molecule has 0 radical (unpaired) electrons. The smallest absolute Gasteiger partial charge is 0.302 e. The summed E-state index contributed by atoms with van der Waals surface area (Å²) in [5.41, 5.74) is -1.17. The number of hydrogen-bond donors (Lipinski definition) is 3. The molecule has 1 unspecified atom stereocenters. The number of nitrogens with one attached hydrogen (secondary N) is 1. The van der Waals surface area contributed by atoms with Gasteiger partial charge in [-0.3, -0.25) is 20.2 Å². The average Bonchev–Trinajstić information content (AvgIpc) is 2.58. The van der Waals surface area contributed by atoms with E-state index in [1.807, 2.05) is 0 Å². The first-order valence-electron chi connectivity index (χ1n) is 7.61. The Morgan fingerprint density at radius 2 is 1.78 bits per heavy atom. The molecule has 0 spiro atoms. The SMILES string of the molecule is Cc1c(CO)cc([N+](=O)[O-])c(NCC(O)c2c(Cl)cccc2Cl)c1[N+](=O)[O-]. The summed E-state index contributed by atoms with van der Waals surface area (Å²) >= 11 is 12.0. The molecule has 0 saturated carbocycles. The van der Waals surface area contributed by atoms with Gasteiger partial charge in [-0.2, -0.15) is 0 Å². The number of halogens is 2. The molecule has 0 aliphatic heterocycles. The van der Waals surface area contributed by atoms with E-state index in [0.717, 1.165) is 6.07 Å². The van der Waals surface area contributed by atoms with Crippen LogP contribution in [0.4, 0.5) is 17.1 Å². The fourth-order valence-electron chi connectivity index (χ4n) is 2.65. The van der Waals surface area contributed by atoms with Crippen LogP contribution in [0.15, 0.2) is 24.3 Å². The summed E-state index contributed by atoms with van der Waals surface area (Å²) in [5, 5.41) is 45.4. The van der Waals surface area contributed by atoms with Gasteiger partial charge in [0.15, 0.2) is 5.69 Å². The van der Waals surface area contributed by atoms with Crippen molar-refractivity contribution < 1.29 is 20.1 Å². The maximum atomic E-state index is 11.5. The van der Waals surface area contributed by atoms with Crippen LogP contribution in [-0.2, 0) is 6.61 Å². The molecule has 0 heterocycles. The van der Waals surface area contributed by atoms with Crippen LogP contribution in [0.5, 0.6) is 0 Å². The van der Waals surface area contributed by atoms with Crippen LogP contribution in [0.1, 0.15) is 22.8 Å². The summed E-state index contributed by atoms with van der Waals surface area (Å²) < 4.78 is 0. The molecule has 0 bridgehead atoms. The second-order valence-corrected chi connectivity index (χ2v) is 6.42. The fraction of sp³-hybridized carbons (Fsp3) is 0.250. The van der Waals surface area contributed by atoms with Crippen LogP contribution in [0.25, 0.3) is 0 Å². The Balaban J connectivity index is 2.47. The summed E-state index contributed by atoms with van der Waals surface area (Å²) in [5.74, 6) is 0. The van der Waals surface area contributed by atoms with E-state index < -0.39 is 33.9 Å².